The molecule has 27 heavy (non-hydrogen) atoms. The van der Waals surface area contributed by atoms with Crippen LogP contribution in [0.1, 0.15) is 30.8 Å². The second-order valence-electron chi connectivity index (χ2n) is 6.90. The molecule has 1 atom stereocenters. The van der Waals surface area contributed by atoms with Crippen LogP contribution in [0.15, 0.2) is 28.8 Å². The van der Waals surface area contributed by atoms with Gasteiger partial charge in [-0.1, -0.05) is 35.0 Å². The van der Waals surface area contributed by atoms with E-state index >= 15 is 0 Å². The molecule has 3 rings (SSSR count). The zero-order valence-electron chi connectivity index (χ0n) is 15.9. The van der Waals surface area contributed by atoms with Gasteiger partial charge in [0.05, 0.1) is 0 Å². The minimum atomic E-state index is -0.364. The number of urea groups is 1. The van der Waals surface area contributed by atoms with Crippen molar-refractivity contribution in [3.8, 4) is 11.4 Å². The maximum atomic E-state index is 12.5. The van der Waals surface area contributed by atoms with E-state index in [1.54, 1.807) is 4.90 Å². The number of amides is 2. The second-order valence-corrected chi connectivity index (χ2v) is 6.90. The lowest BCUT2D eigenvalue weighted by molar-refractivity contribution is 0.130. The smallest absolute Gasteiger partial charge is 0.318 e. The summed E-state index contributed by atoms with van der Waals surface area (Å²) in [5.41, 5.74) is 2.05. The summed E-state index contributed by atoms with van der Waals surface area (Å²) in [6, 6.07) is 7.40. The number of nitrogens with one attached hydrogen (secondary N) is 1. The fraction of sp³-hybridized carbons (Fsp3) is 0.526. The van der Waals surface area contributed by atoms with Crippen LogP contribution in [0.2, 0.25) is 0 Å². The van der Waals surface area contributed by atoms with Crippen molar-refractivity contribution in [2.24, 2.45) is 0 Å². The molecule has 1 aromatic carbocycles. The second kappa shape index (κ2) is 8.96. The predicted molar refractivity (Wildman–Crippen MR) is 101 cm³/mol. The molecule has 1 saturated heterocycles. The number of piperazine rings is 1. The number of aliphatic hydroxyl groups excluding tert-OH is 1. The Balaban J connectivity index is 1.52. The first-order valence-electron chi connectivity index (χ1n) is 9.36. The summed E-state index contributed by atoms with van der Waals surface area (Å²) < 4.78 is 5.33. The van der Waals surface area contributed by atoms with Crippen molar-refractivity contribution in [1.29, 1.82) is 0 Å². The predicted octanol–water partition coefficient (Wildman–Crippen LogP) is 1.82. The van der Waals surface area contributed by atoms with Gasteiger partial charge in [-0.15, -0.1) is 0 Å². The van der Waals surface area contributed by atoms with Crippen molar-refractivity contribution in [3.63, 3.8) is 0 Å². The molecule has 0 radical (unpaired) electrons. The fourth-order valence-electron chi connectivity index (χ4n) is 3.04. The van der Waals surface area contributed by atoms with Crippen molar-refractivity contribution in [3.05, 3.63) is 35.7 Å². The number of carbonyl (C=O) groups excluding carboxylic acids is 1. The molecule has 1 fully saturated rings. The van der Waals surface area contributed by atoms with E-state index in [9.17, 15) is 4.79 Å². The van der Waals surface area contributed by atoms with E-state index in [0.29, 0.717) is 24.8 Å². The SMILES string of the molecule is Cc1ccc(-c2noc(C(C)NC(=O)N3CCN(CCCO)CC3)n2)cc1. The Morgan fingerprint density at radius 3 is 2.63 bits per heavy atom. The maximum Gasteiger partial charge on any atom is 0.318 e. The quantitative estimate of drug-likeness (QED) is 0.802. The fourth-order valence-corrected chi connectivity index (χ4v) is 3.04. The summed E-state index contributed by atoms with van der Waals surface area (Å²) in [6.07, 6.45) is 0.768. The summed E-state index contributed by atoms with van der Waals surface area (Å²) in [6.45, 7) is 7.90. The van der Waals surface area contributed by atoms with Gasteiger partial charge in [0, 0.05) is 44.9 Å². The average molecular weight is 373 g/mol. The molecule has 8 heteroatoms. The zero-order valence-corrected chi connectivity index (χ0v) is 15.9. The van der Waals surface area contributed by atoms with Gasteiger partial charge in [-0.2, -0.15) is 4.98 Å². The van der Waals surface area contributed by atoms with Gasteiger partial charge in [0.1, 0.15) is 6.04 Å². The van der Waals surface area contributed by atoms with Gasteiger partial charge in [-0.05, 0) is 20.3 Å². The van der Waals surface area contributed by atoms with Crippen molar-refractivity contribution in [2.75, 3.05) is 39.3 Å². The molecule has 0 aliphatic carbocycles. The Kier molecular flexibility index (Phi) is 6.41. The first-order valence-corrected chi connectivity index (χ1v) is 9.36. The Morgan fingerprint density at radius 2 is 1.96 bits per heavy atom. The molecule has 1 aliphatic rings. The standard InChI is InChI=1S/C19H27N5O3/c1-14-4-6-16(7-5-14)17-21-18(27-22-17)15(2)20-19(26)24-11-9-23(10-12-24)8-3-13-25/h4-7,15,25H,3,8-13H2,1-2H3,(H,20,26). The van der Waals surface area contributed by atoms with Crippen LogP contribution in [-0.4, -0.2) is 70.4 Å². The first-order chi connectivity index (χ1) is 13.1. The van der Waals surface area contributed by atoms with Gasteiger partial charge < -0.3 is 19.8 Å². The lowest BCUT2D eigenvalue weighted by Crippen LogP contribution is -2.52. The average Bonchev–Trinajstić information content (AvgIpc) is 3.17. The number of nitrogens with zero attached hydrogens (tertiary/aromatic N) is 4. The van der Waals surface area contributed by atoms with Crippen molar-refractivity contribution >= 4 is 6.03 Å². The Labute approximate surface area is 159 Å². The molecule has 0 saturated carbocycles. The molecule has 146 valence electrons. The number of rotatable bonds is 6. The van der Waals surface area contributed by atoms with Crippen LogP contribution in [0.4, 0.5) is 4.79 Å². The van der Waals surface area contributed by atoms with Crippen molar-refractivity contribution < 1.29 is 14.4 Å². The molecule has 2 heterocycles. The minimum absolute atomic E-state index is 0.126. The van der Waals surface area contributed by atoms with Gasteiger partial charge in [0.15, 0.2) is 0 Å². The maximum absolute atomic E-state index is 12.5. The lowest BCUT2D eigenvalue weighted by Gasteiger charge is -2.34. The highest BCUT2D eigenvalue weighted by atomic mass is 16.5. The van der Waals surface area contributed by atoms with Gasteiger partial charge in [-0.25, -0.2) is 4.79 Å². The van der Waals surface area contributed by atoms with Gasteiger partial charge in [0.25, 0.3) is 0 Å². The summed E-state index contributed by atoms with van der Waals surface area (Å²) in [5.74, 6) is 0.907. The van der Waals surface area contributed by atoms with E-state index in [-0.39, 0.29) is 18.7 Å². The molecule has 2 amide bonds. The van der Waals surface area contributed by atoms with E-state index in [4.69, 9.17) is 9.63 Å². The number of aliphatic hydroxyl groups is 1. The van der Waals surface area contributed by atoms with Crippen LogP contribution in [0.25, 0.3) is 11.4 Å². The number of aromatic nitrogens is 2. The normalized spacial score (nSPS) is 16.3. The largest absolute Gasteiger partial charge is 0.396 e. The topological polar surface area (TPSA) is 94.7 Å². The van der Waals surface area contributed by atoms with Crippen LogP contribution >= 0.6 is 0 Å². The first kappa shape index (κ1) is 19.3. The summed E-state index contributed by atoms with van der Waals surface area (Å²) in [7, 11) is 0. The highest BCUT2D eigenvalue weighted by Crippen LogP contribution is 2.19. The Morgan fingerprint density at radius 1 is 1.26 bits per heavy atom. The summed E-state index contributed by atoms with van der Waals surface area (Å²) in [4.78, 5) is 20.9. The molecule has 0 spiro atoms. The van der Waals surface area contributed by atoms with Gasteiger partial charge in [-0.3, -0.25) is 4.90 Å². The van der Waals surface area contributed by atoms with E-state index < -0.39 is 0 Å². The third-order valence-corrected chi connectivity index (χ3v) is 4.75. The van der Waals surface area contributed by atoms with E-state index in [0.717, 1.165) is 31.6 Å². The highest BCUT2D eigenvalue weighted by molar-refractivity contribution is 5.74. The lowest BCUT2D eigenvalue weighted by atomic mass is 10.1. The van der Waals surface area contributed by atoms with Crippen LogP contribution in [0.5, 0.6) is 0 Å². The molecule has 1 aliphatic heterocycles. The molecule has 8 nitrogen and oxygen atoms in total. The van der Waals surface area contributed by atoms with Crippen molar-refractivity contribution in [1.82, 2.24) is 25.3 Å². The monoisotopic (exact) mass is 373 g/mol. The molecule has 1 unspecified atom stereocenters. The number of hydrogen-bond acceptors (Lipinski definition) is 6. The third kappa shape index (κ3) is 5.05. The molecule has 1 aromatic heterocycles. The Hall–Kier alpha value is -2.45. The van der Waals surface area contributed by atoms with Gasteiger partial charge >= 0.3 is 6.03 Å². The molecular weight excluding hydrogens is 346 g/mol. The van der Waals surface area contributed by atoms with Crippen LogP contribution in [-0.2, 0) is 0 Å². The van der Waals surface area contributed by atoms with Crippen LogP contribution < -0.4 is 5.32 Å². The molecular formula is C19H27N5O3. The summed E-state index contributed by atoms with van der Waals surface area (Å²) in [5, 5.41) is 15.9. The Bertz CT molecular complexity index is 738. The summed E-state index contributed by atoms with van der Waals surface area (Å²) >= 11 is 0. The van der Waals surface area contributed by atoms with Gasteiger partial charge in [0.2, 0.25) is 11.7 Å². The van der Waals surface area contributed by atoms with E-state index in [1.165, 1.54) is 5.56 Å². The minimum Gasteiger partial charge on any atom is -0.396 e. The van der Waals surface area contributed by atoms with E-state index in [2.05, 4.69) is 20.4 Å². The van der Waals surface area contributed by atoms with Crippen LogP contribution in [0, 0.1) is 6.92 Å². The van der Waals surface area contributed by atoms with E-state index in [1.807, 2.05) is 38.1 Å². The molecule has 2 N–H and O–H groups in total. The zero-order chi connectivity index (χ0) is 19.2. The molecule has 0 bridgehead atoms. The third-order valence-electron chi connectivity index (χ3n) is 4.75. The number of aryl methyl sites for hydroxylation is 1. The molecule has 2 aromatic rings. The number of carbonyl (C=O) groups is 1. The number of hydrogen-bond donors (Lipinski definition) is 2. The van der Waals surface area contributed by atoms with Crippen molar-refractivity contribution in [2.45, 2.75) is 26.3 Å². The highest BCUT2D eigenvalue weighted by Gasteiger charge is 2.24. The van der Waals surface area contributed by atoms with Crippen LogP contribution in [0.3, 0.4) is 0 Å². The number of benzene rings is 1.